The van der Waals surface area contributed by atoms with E-state index < -0.39 is 0 Å². The van der Waals surface area contributed by atoms with E-state index in [1.807, 2.05) is 31.2 Å². The molecule has 0 saturated carbocycles. The molecule has 0 unspecified atom stereocenters. The average molecular weight is 228 g/mol. The lowest BCUT2D eigenvalue weighted by molar-refractivity contribution is 0.292. The summed E-state index contributed by atoms with van der Waals surface area (Å²) in [5, 5.41) is 0. The van der Waals surface area contributed by atoms with E-state index in [0.717, 1.165) is 16.9 Å². The molecule has 0 fully saturated rings. The number of hydrogen-bond acceptors (Lipinski definition) is 3. The van der Waals surface area contributed by atoms with E-state index in [4.69, 9.17) is 10.5 Å². The Morgan fingerprint density at radius 2 is 2.12 bits per heavy atom. The van der Waals surface area contributed by atoms with Crippen molar-refractivity contribution in [2.24, 2.45) is 4.99 Å². The van der Waals surface area contributed by atoms with Crippen LogP contribution in [0.3, 0.4) is 0 Å². The van der Waals surface area contributed by atoms with Crippen LogP contribution >= 0.6 is 0 Å². The highest BCUT2D eigenvalue weighted by atomic mass is 16.5. The SMILES string of the molecule is C/N=C\C(C#Cc1ccccc1N)=C(\C)OC. The summed E-state index contributed by atoms with van der Waals surface area (Å²) in [4.78, 5) is 3.94. The highest BCUT2D eigenvalue weighted by Gasteiger charge is 1.96. The molecule has 0 heterocycles. The first-order valence-electron chi connectivity index (χ1n) is 5.22. The fourth-order valence-corrected chi connectivity index (χ4v) is 1.20. The molecule has 0 bridgehead atoms. The van der Waals surface area contributed by atoms with Crippen molar-refractivity contribution in [3.8, 4) is 11.8 Å². The minimum atomic E-state index is 0.669. The highest BCUT2D eigenvalue weighted by molar-refractivity contribution is 5.85. The number of benzene rings is 1. The molecule has 0 aliphatic heterocycles. The predicted molar refractivity (Wildman–Crippen MR) is 71.9 cm³/mol. The summed E-state index contributed by atoms with van der Waals surface area (Å²) in [6, 6.07) is 7.49. The summed E-state index contributed by atoms with van der Waals surface area (Å²) < 4.78 is 5.14. The molecule has 0 saturated heterocycles. The normalized spacial score (nSPS) is 11.7. The van der Waals surface area contributed by atoms with Crippen molar-refractivity contribution in [3.63, 3.8) is 0 Å². The first kappa shape index (κ1) is 12.9. The molecule has 1 aromatic carbocycles. The van der Waals surface area contributed by atoms with Crippen LogP contribution in [0.25, 0.3) is 0 Å². The van der Waals surface area contributed by atoms with E-state index in [1.165, 1.54) is 0 Å². The molecule has 0 spiro atoms. The Kier molecular flexibility index (Phi) is 4.83. The molecule has 0 aliphatic rings. The van der Waals surface area contributed by atoms with Crippen LogP contribution in [0, 0.1) is 11.8 Å². The maximum Gasteiger partial charge on any atom is 0.110 e. The maximum absolute atomic E-state index is 5.81. The summed E-state index contributed by atoms with van der Waals surface area (Å²) in [5.41, 5.74) is 8.03. The van der Waals surface area contributed by atoms with Crippen molar-refractivity contribution in [3.05, 3.63) is 41.2 Å². The first-order valence-corrected chi connectivity index (χ1v) is 5.22. The van der Waals surface area contributed by atoms with Crippen molar-refractivity contribution >= 4 is 11.9 Å². The van der Waals surface area contributed by atoms with Crippen LogP contribution in [0.2, 0.25) is 0 Å². The molecule has 0 amide bonds. The van der Waals surface area contributed by atoms with E-state index in [2.05, 4.69) is 16.8 Å². The van der Waals surface area contributed by atoms with Gasteiger partial charge >= 0.3 is 0 Å². The second-order valence-corrected chi connectivity index (χ2v) is 3.40. The minimum Gasteiger partial charge on any atom is -0.500 e. The largest absolute Gasteiger partial charge is 0.500 e. The monoisotopic (exact) mass is 228 g/mol. The lowest BCUT2D eigenvalue weighted by Gasteiger charge is -2.00. The highest BCUT2D eigenvalue weighted by Crippen LogP contribution is 2.09. The zero-order chi connectivity index (χ0) is 12.7. The van der Waals surface area contributed by atoms with Crippen molar-refractivity contribution in [1.29, 1.82) is 0 Å². The number of ether oxygens (including phenoxy) is 1. The topological polar surface area (TPSA) is 47.6 Å². The Morgan fingerprint density at radius 3 is 2.71 bits per heavy atom. The quantitative estimate of drug-likeness (QED) is 0.365. The van der Waals surface area contributed by atoms with Gasteiger partial charge in [0.15, 0.2) is 0 Å². The average Bonchev–Trinajstić information content (AvgIpc) is 2.35. The number of anilines is 1. The second kappa shape index (κ2) is 6.39. The van der Waals surface area contributed by atoms with Crippen LogP contribution in [-0.4, -0.2) is 20.4 Å². The van der Waals surface area contributed by atoms with Crippen LogP contribution in [0.5, 0.6) is 0 Å². The Bertz CT molecular complexity index is 504. The molecule has 1 aromatic rings. The third kappa shape index (κ3) is 3.69. The van der Waals surface area contributed by atoms with Gasteiger partial charge in [0.1, 0.15) is 5.76 Å². The van der Waals surface area contributed by atoms with Crippen LogP contribution in [-0.2, 0) is 4.74 Å². The van der Waals surface area contributed by atoms with Crippen molar-refractivity contribution < 1.29 is 4.74 Å². The molecule has 1 rings (SSSR count). The van der Waals surface area contributed by atoms with Crippen LogP contribution < -0.4 is 5.73 Å². The van der Waals surface area contributed by atoms with Gasteiger partial charge in [-0.15, -0.1) is 0 Å². The van der Waals surface area contributed by atoms with Crippen LogP contribution in [0.1, 0.15) is 12.5 Å². The predicted octanol–water partition coefficient (Wildman–Crippen LogP) is 2.24. The molecule has 0 atom stereocenters. The van der Waals surface area contributed by atoms with Gasteiger partial charge in [0, 0.05) is 24.5 Å². The zero-order valence-corrected chi connectivity index (χ0v) is 10.3. The number of aliphatic imine (C=N–C) groups is 1. The number of methoxy groups -OCH3 is 1. The molecule has 2 N–H and O–H groups in total. The van der Waals surface area contributed by atoms with Crippen molar-refractivity contribution in [2.45, 2.75) is 6.92 Å². The summed E-state index contributed by atoms with van der Waals surface area (Å²) in [5.74, 6) is 6.75. The van der Waals surface area contributed by atoms with Gasteiger partial charge in [-0.05, 0) is 19.1 Å². The second-order valence-electron chi connectivity index (χ2n) is 3.40. The van der Waals surface area contributed by atoms with E-state index in [0.29, 0.717) is 5.69 Å². The lowest BCUT2D eigenvalue weighted by Crippen LogP contribution is -1.92. The summed E-state index contributed by atoms with van der Waals surface area (Å²) in [6.07, 6.45) is 1.67. The Labute approximate surface area is 102 Å². The molecular formula is C14H16N2O. The number of nitrogens with zero attached hydrogens (tertiary/aromatic N) is 1. The van der Waals surface area contributed by atoms with Gasteiger partial charge in [-0.1, -0.05) is 24.0 Å². The van der Waals surface area contributed by atoms with E-state index in [-0.39, 0.29) is 0 Å². The number of rotatable bonds is 2. The summed E-state index contributed by atoms with van der Waals surface area (Å²) >= 11 is 0. The molecule has 0 radical (unpaired) electrons. The van der Waals surface area contributed by atoms with E-state index >= 15 is 0 Å². The van der Waals surface area contributed by atoms with E-state index in [9.17, 15) is 0 Å². The molecule has 17 heavy (non-hydrogen) atoms. The Balaban J connectivity index is 3.09. The Morgan fingerprint density at radius 1 is 1.41 bits per heavy atom. The van der Waals surface area contributed by atoms with Gasteiger partial charge in [-0.25, -0.2) is 0 Å². The number of nitrogen functional groups attached to an aromatic ring is 1. The Hall–Kier alpha value is -2.21. The van der Waals surface area contributed by atoms with Crippen molar-refractivity contribution in [2.75, 3.05) is 19.9 Å². The maximum atomic E-state index is 5.81. The molecule has 88 valence electrons. The zero-order valence-electron chi connectivity index (χ0n) is 10.3. The summed E-state index contributed by atoms with van der Waals surface area (Å²) in [6.45, 7) is 1.85. The molecule has 3 nitrogen and oxygen atoms in total. The first-order chi connectivity index (χ1) is 8.19. The van der Waals surface area contributed by atoms with Crippen LogP contribution in [0.15, 0.2) is 40.6 Å². The molecule has 0 aliphatic carbocycles. The standard InChI is InChI=1S/C14H16N2O/c1-11(17-3)13(10-16-2)9-8-12-6-4-5-7-14(12)15/h4-7,10H,15H2,1-3H3/b13-11-,16-10-. The van der Waals surface area contributed by atoms with Gasteiger partial charge in [-0.3, -0.25) is 4.99 Å². The molecule has 0 aromatic heterocycles. The summed E-state index contributed by atoms with van der Waals surface area (Å²) in [7, 11) is 3.30. The number of allylic oxidation sites excluding steroid dienone is 2. The van der Waals surface area contributed by atoms with Gasteiger partial charge < -0.3 is 10.5 Å². The van der Waals surface area contributed by atoms with Gasteiger partial charge in [0.05, 0.1) is 12.7 Å². The third-order valence-corrected chi connectivity index (χ3v) is 2.24. The van der Waals surface area contributed by atoms with Crippen LogP contribution in [0.4, 0.5) is 5.69 Å². The minimum absolute atomic E-state index is 0.669. The smallest absolute Gasteiger partial charge is 0.110 e. The lowest BCUT2D eigenvalue weighted by atomic mass is 10.1. The van der Waals surface area contributed by atoms with Gasteiger partial charge in [-0.2, -0.15) is 0 Å². The molecular weight excluding hydrogens is 212 g/mol. The number of nitrogens with two attached hydrogens (primary N) is 1. The van der Waals surface area contributed by atoms with Gasteiger partial charge in [0.25, 0.3) is 0 Å². The third-order valence-electron chi connectivity index (χ3n) is 2.24. The number of para-hydroxylation sites is 1. The fourth-order valence-electron chi connectivity index (χ4n) is 1.20. The van der Waals surface area contributed by atoms with Crippen molar-refractivity contribution in [1.82, 2.24) is 0 Å². The number of hydrogen-bond donors (Lipinski definition) is 1. The van der Waals surface area contributed by atoms with Gasteiger partial charge in [0.2, 0.25) is 0 Å². The fraction of sp³-hybridized carbons (Fsp3) is 0.214. The molecule has 3 heteroatoms. The van der Waals surface area contributed by atoms with E-state index in [1.54, 1.807) is 20.4 Å².